The van der Waals surface area contributed by atoms with Gasteiger partial charge in [-0.25, -0.2) is 4.90 Å². The third-order valence-corrected chi connectivity index (χ3v) is 4.87. The molecule has 1 aromatic rings. The largest absolute Gasteiger partial charge is 0.304 e. The first-order chi connectivity index (χ1) is 10.1. The van der Waals surface area contributed by atoms with Crippen LogP contribution in [0.15, 0.2) is 28.7 Å². The number of halogens is 1. The zero-order chi connectivity index (χ0) is 15.0. The fourth-order valence-electron chi connectivity index (χ4n) is 2.92. The highest BCUT2D eigenvalue weighted by molar-refractivity contribution is 9.10. The van der Waals surface area contributed by atoms with Gasteiger partial charge in [0.2, 0.25) is 5.91 Å². The monoisotopic (exact) mass is 351 g/mol. The molecule has 0 radical (unpaired) electrons. The van der Waals surface area contributed by atoms with Crippen LogP contribution in [0, 0.1) is 0 Å². The molecule has 0 saturated carbocycles. The van der Waals surface area contributed by atoms with Crippen LogP contribution in [-0.4, -0.2) is 60.9 Å². The van der Waals surface area contributed by atoms with Crippen molar-refractivity contribution in [1.82, 2.24) is 9.80 Å². The summed E-state index contributed by atoms with van der Waals surface area (Å²) in [7, 11) is 2.08. The maximum absolute atomic E-state index is 12.7. The topological polar surface area (TPSA) is 43.9 Å². The van der Waals surface area contributed by atoms with Crippen molar-refractivity contribution in [2.75, 3.05) is 38.1 Å². The summed E-state index contributed by atoms with van der Waals surface area (Å²) in [5.74, 6) is -0.215. The molecule has 2 aliphatic rings. The Morgan fingerprint density at radius 1 is 1.10 bits per heavy atom. The molecule has 112 valence electrons. The Hall–Kier alpha value is -1.24. The van der Waals surface area contributed by atoms with Crippen molar-refractivity contribution in [3.8, 4) is 0 Å². The highest BCUT2D eigenvalue weighted by atomic mass is 79.9. The van der Waals surface area contributed by atoms with Gasteiger partial charge in [-0.3, -0.25) is 14.5 Å². The predicted molar refractivity (Wildman–Crippen MR) is 84.1 cm³/mol. The minimum atomic E-state index is -0.307. The fraction of sp³-hybridized carbons (Fsp3) is 0.467. The van der Waals surface area contributed by atoms with Gasteiger partial charge < -0.3 is 4.90 Å². The quantitative estimate of drug-likeness (QED) is 0.754. The lowest BCUT2D eigenvalue weighted by molar-refractivity contribution is -0.123. The van der Waals surface area contributed by atoms with E-state index in [0.717, 1.165) is 30.7 Å². The molecule has 2 aliphatic heterocycles. The molecule has 0 unspecified atom stereocenters. The number of hydrogen-bond donors (Lipinski definition) is 0. The number of piperazine rings is 1. The number of anilines is 1. The lowest BCUT2D eigenvalue weighted by Gasteiger charge is -2.35. The van der Waals surface area contributed by atoms with Crippen molar-refractivity contribution in [2.24, 2.45) is 0 Å². The summed E-state index contributed by atoms with van der Waals surface area (Å²) in [5.41, 5.74) is 0.643. The van der Waals surface area contributed by atoms with Crippen LogP contribution >= 0.6 is 15.9 Å². The van der Waals surface area contributed by atoms with Gasteiger partial charge in [-0.2, -0.15) is 0 Å². The molecule has 2 heterocycles. The van der Waals surface area contributed by atoms with Gasteiger partial charge in [-0.1, -0.05) is 12.1 Å². The number of benzene rings is 1. The molecule has 6 heteroatoms. The third kappa shape index (κ3) is 2.75. The van der Waals surface area contributed by atoms with Crippen LogP contribution in [0.4, 0.5) is 5.69 Å². The molecular weight excluding hydrogens is 334 g/mol. The molecule has 2 fully saturated rings. The minimum absolute atomic E-state index is 0.101. The minimum Gasteiger partial charge on any atom is -0.304 e. The highest BCUT2D eigenvalue weighted by Crippen LogP contribution is 2.31. The number of hydrogen-bond acceptors (Lipinski definition) is 4. The Kier molecular flexibility index (Phi) is 4.10. The summed E-state index contributed by atoms with van der Waals surface area (Å²) in [4.78, 5) is 30.7. The maximum Gasteiger partial charge on any atom is 0.251 e. The van der Waals surface area contributed by atoms with E-state index in [-0.39, 0.29) is 24.3 Å². The smallest absolute Gasteiger partial charge is 0.251 e. The van der Waals surface area contributed by atoms with Gasteiger partial charge in [-0.15, -0.1) is 0 Å². The van der Waals surface area contributed by atoms with Crippen molar-refractivity contribution in [1.29, 1.82) is 0 Å². The Morgan fingerprint density at radius 2 is 1.76 bits per heavy atom. The Morgan fingerprint density at radius 3 is 2.43 bits per heavy atom. The zero-order valence-corrected chi connectivity index (χ0v) is 13.5. The van der Waals surface area contributed by atoms with Gasteiger partial charge in [0.25, 0.3) is 5.91 Å². The average Bonchev–Trinajstić information content (AvgIpc) is 2.76. The van der Waals surface area contributed by atoms with E-state index < -0.39 is 0 Å². The van der Waals surface area contributed by atoms with Crippen LogP contribution in [0.1, 0.15) is 6.42 Å². The van der Waals surface area contributed by atoms with Gasteiger partial charge in [0.15, 0.2) is 0 Å². The third-order valence-electron chi connectivity index (χ3n) is 4.19. The fourth-order valence-corrected chi connectivity index (χ4v) is 3.38. The summed E-state index contributed by atoms with van der Waals surface area (Å²) < 4.78 is 0.769. The molecule has 0 aliphatic carbocycles. The van der Waals surface area contributed by atoms with E-state index in [0.29, 0.717) is 5.69 Å². The number of imide groups is 1. The number of rotatable bonds is 2. The Balaban J connectivity index is 1.81. The van der Waals surface area contributed by atoms with Crippen molar-refractivity contribution < 1.29 is 9.59 Å². The zero-order valence-electron chi connectivity index (χ0n) is 12.0. The molecule has 21 heavy (non-hydrogen) atoms. The number of para-hydroxylation sites is 1. The number of likely N-dealkylation sites (N-methyl/N-ethyl adjacent to an activating group) is 1. The second-order valence-corrected chi connectivity index (χ2v) is 6.43. The summed E-state index contributed by atoms with van der Waals surface area (Å²) in [5, 5.41) is 0. The average molecular weight is 352 g/mol. The molecule has 5 nitrogen and oxygen atoms in total. The SMILES string of the molecule is CN1CCN([C@@H]2CC(=O)N(c3ccccc3Br)C2=O)CC1. The Labute approximate surface area is 132 Å². The number of carbonyl (C=O) groups is 2. The van der Waals surface area contributed by atoms with Gasteiger partial charge >= 0.3 is 0 Å². The van der Waals surface area contributed by atoms with Gasteiger partial charge in [-0.05, 0) is 35.1 Å². The van der Waals surface area contributed by atoms with Crippen molar-refractivity contribution in [3.05, 3.63) is 28.7 Å². The molecule has 2 amide bonds. The summed E-state index contributed by atoms with van der Waals surface area (Å²) >= 11 is 3.42. The standard InChI is InChI=1S/C15H18BrN3O2/c1-17-6-8-18(9-7-17)13-10-14(20)19(15(13)21)12-5-3-2-4-11(12)16/h2-5,13H,6-10H2,1H3/t13-/m1/s1. The number of carbonyl (C=O) groups excluding carboxylic acids is 2. The lowest BCUT2D eigenvalue weighted by atomic mass is 10.2. The molecule has 0 aromatic heterocycles. The molecule has 0 N–H and O–H groups in total. The van der Waals surface area contributed by atoms with E-state index in [1.165, 1.54) is 4.90 Å². The molecule has 0 spiro atoms. The Bertz CT molecular complexity index is 570. The highest BCUT2D eigenvalue weighted by Gasteiger charge is 2.43. The van der Waals surface area contributed by atoms with Crippen molar-refractivity contribution >= 4 is 33.4 Å². The maximum atomic E-state index is 12.7. The molecule has 3 rings (SSSR count). The first kappa shape index (κ1) is 14.7. The van der Waals surface area contributed by atoms with Crippen LogP contribution in [0.25, 0.3) is 0 Å². The van der Waals surface area contributed by atoms with E-state index in [4.69, 9.17) is 0 Å². The number of amides is 2. The van der Waals surface area contributed by atoms with Crippen LogP contribution in [0.3, 0.4) is 0 Å². The van der Waals surface area contributed by atoms with E-state index in [1.54, 1.807) is 6.07 Å². The van der Waals surface area contributed by atoms with Gasteiger partial charge in [0, 0.05) is 30.7 Å². The van der Waals surface area contributed by atoms with Gasteiger partial charge in [0.05, 0.1) is 18.2 Å². The van der Waals surface area contributed by atoms with E-state index >= 15 is 0 Å². The van der Waals surface area contributed by atoms with E-state index in [1.807, 2.05) is 18.2 Å². The first-order valence-corrected chi connectivity index (χ1v) is 7.91. The predicted octanol–water partition coefficient (Wildman–Crippen LogP) is 1.33. The van der Waals surface area contributed by atoms with Gasteiger partial charge in [0.1, 0.15) is 0 Å². The second-order valence-electron chi connectivity index (χ2n) is 5.58. The second kappa shape index (κ2) is 5.87. The van der Waals surface area contributed by atoms with Crippen LogP contribution in [0.5, 0.6) is 0 Å². The van der Waals surface area contributed by atoms with Crippen molar-refractivity contribution in [2.45, 2.75) is 12.5 Å². The molecular formula is C15H18BrN3O2. The number of nitrogens with zero attached hydrogens (tertiary/aromatic N) is 3. The van der Waals surface area contributed by atoms with E-state index in [2.05, 4.69) is 32.8 Å². The van der Waals surface area contributed by atoms with Crippen LogP contribution < -0.4 is 4.90 Å². The molecule has 0 bridgehead atoms. The summed E-state index contributed by atoms with van der Waals surface area (Å²) in [6.07, 6.45) is 0.282. The normalized spacial score (nSPS) is 24.9. The van der Waals surface area contributed by atoms with E-state index in [9.17, 15) is 9.59 Å². The molecule has 1 atom stereocenters. The lowest BCUT2D eigenvalue weighted by Crippen LogP contribution is -2.51. The van der Waals surface area contributed by atoms with Crippen LogP contribution in [-0.2, 0) is 9.59 Å². The summed E-state index contributed by atoms with van der Waals surface area (Å²) in [6, 6.07) is 7.05. The van der Waals surface area contributed by atoms with Crippen molar-refractivity contribution in [3.63, 3.8) is 0 Å². The summed E-state index contributed by atoms with van der Waals surface area (Å²) in [6.45, 7) is 3.55. The molecule has 2 saturated heterocycles. The first-order valence-electron chi connectivity index (χ1n) is 7.12. The van der Waals surface area contributed by atoms with Crippen LogP contribution in [0.2, 0.25) is 0 Å². The molecule has 1 aromatic carbocycles.